The molecule has 1 aliphatic heterocycles. The van der Waals surface area contributed by atoms with Crippen LogP contribution in [0.4, 0.5) is 0 Å². The van der Waals surface area contributed by atoms with Crippen molar-refractivity contribution in [2.24, 2.45) is 0 Å². The van der Waals surface area contributed by atoms with Crippen LogP contribution in [-0.4, -0.2) is 29.7 Å². The second-order valence-electron chi connectivity index (χ2n) is 7.47. The predicted octanol–water partition coefficient (Wildman–Crippen LogP) is 4.67. The molecule has 0 spiro atoms. The van der Waals surface area contributed by atoms with Crippen LogP contribution in [0.15, 0.2) is 51.9 Å². The Morgan fingerprint density at radius 3 is 2.83 bits per heavy atom. The number of phenols is 1. The van der Waals surface area contributed by atoms with Crippen molar-refractivity contribution in [1.29, 1.82) is 0 Å². The van der Waals surface area contributed by atoms with E-state index in [-0.39, 0.29) is 16.9 Å². The monoisotopic (exact) mass is 395 g/mol. The van der Waals surface area contributed by atoms with Gasteiger partial charge in [0.15, 0.2) is 0 Å². The second kappa shape index (κ2) is 8.17. The van der Waals surface area contributed by atoms with Gasteiger partial charge in [-0.25, -0.2) is 0 Å². The number of ether oxygens (including phenoxy) is 2. The lowest BCUT2D eigenvalue weighted by molar-refractivity contribution is 0.151. The van der Waals surface area contributed by atoms with Gasteiger partial charge in [-0.2, -0.15) is 0 Å². The van der Waals surface area contributed by atoms with Crippen molar-refractivity contribution in [1.82, 2.24) is 4.90 Å². The van der Waals surface area contributed by atoms with Gasteiger partial charge in [0, 0.05) is 18.7 Å². The highest BCUT2D eigenvalue weighted by molar-refractivity contribution is 5.83. The molecule has 6 heteroatoms. The Bertz CT molecular complexity index is 1070. The topological polar surface area (TPSA) is 72.1 Å². The van der Waals surface area contributed by atoms with Gasteiger partial charge in [-0.3, -0.25) is 9.69 Å². The van der Waals surface area contributed by atoms with E-state index in [1.165, 1.54) is 12.7 Å². The van der Waals surface area contributed by atoms with E-state index in [0.29, 0.717) is 40.6 Å². The van der Waals surface area contributed by atoms with Gasteiger partial charge in [-0.05, 0) is 50.6 Å². The molecule has 2 heterocycles. The Morgan fingerprint density at radius 1 is 1.21 bits per heavy atom. The molecule has 1 aliphatic rings. The number of hydrogen-bond donors (Lipinski definition) is 1. The first-order chi connectivity index (χ1) is 14.1. The van der Waals surface area contributed by atoms with Crippen LogP contribution in [0.1, 0.15) is 31.7 Å². The molecule has 1 atom stereocenters. The maximum absolute atomic E-state index is 13.0. The maximum atomic E-state index is 13.0. The summed E-state index contributed by atoms with van der Waals surface area (Å²) in [7, 11) is 1.57. The molecule has 29 heavy (non-hydrogen) atoms. The number of methoxy groups -OCH3 is 1. The first kappa shape index (κ1) is 19.3. The van der Waals surface area contributed by atoms with Crippen LogP contribution in [0.25, 0.3) is 11.0 Å². The fraction of sp³-hybridized carbons (Fsp3) is 0.348. The molecular formula is C23H25NO5. The number of nitrogens with zero attached hydrogens (tertiary/aromatic N) is 1. The molecule has 1 fully saturated rings. The summed E-state index contributed by atoms with van der Waals surface area (Å²) in [5, 5.41) is 10.8. The summed E-state index contributed by atoms with van der Waals surface area (Å²) in [4.78, 5) is 15.3. The summed E-state index contributed by atoms with van der Waals surface area (Å²) in [6.07, 6.45) is 4.80. The number of aromatic hydroxyl groups is 1. The van der Waals surface area contributed by atoms with E-state index >= 15 is 0 Å². The fourth-order valence-electron chi connectivity index (χ4n) is 3.84. The normalized spacial score (nSPS) is 17.4. The zero-order valence-electron chi connectivity index (χ0n) is 16.7. The highest BCUT2D eigenvalue weighted by atomic mass is 16.5. The van der Waals surface area contributed by atoms with Gasteiger partial charge >= 0.3 is 0 Å². The third-order valence-corrected chi connectivity index (χ3v) is 5.56. The van der Waals surface area contributed by atoms with Gasteiger partial charge in [0.25, 0.3) is 0 Å². The van der Waals surface area contributed by atoms with Gasteiger partial charge in [0.05, 0.1) is 18.1 Å². The summed E-state index contributed by atoms with van der Waals surface area (Å²) in [6, 6.07) is 10.6. The van der Waals surface area contributed by atoms with E-state index in [1.807, 2.05) is 0 Å². The number of benzene rings is 2. The number of piperidine rings is 1. The van der Waals surface area contributed by atoms with Gasteiger partial charge < -0.3 is 19.0 Å². The molecule has 1 unspecified atom stereocenters. The zero-order chi connectivity index (χ0) is 20.4. The number of phenolic OH excluding ortho intramolecular Hbond substituents is 1. The molecular weight excluding hydrogens is 370 g/mol. The minimum absolute atomic E-state index is 0.0914. The lowest BCUT2D eigenvalue weighted by Gasteiger charge is -2.33. The average molecular weight is 395 g/mol. The molecule has 1 N–H and O–H groups in total. The first-order valence-corrected chi connectivity index (χ1v) is 9.89. The SMILES string of the molecule is COc1cccc(Oc2coc3c(CN4CCCCC4C)c(O)ccc3c2=O)c1. The van der Waals surface area contributed by atoms with Gasteiger partial charge in [-0.15, -0.1) is 0 Å². The number of rotatable bonds is 5. The molecule has 0 amide bonds. The van der Waals surface area contributed by atoms with E-state index in [2.05, 4.69) is 11.8 Å². The zero-order valence-corrected chi connectivity index (χ0v) is 16.7. The number of fused-ring (bicyclic) bond motifs is 1. The molecule has 1 aromatic heterocycles. The second-order valence-corrected chi connectivity index (χ2v) is 7.47. The molecule has 0 radical (unpaired) electrons. The molecule has 1 saturated heterocycles. The van der Waals surface area contributed by atoms with Gasteiger partial charge in [0.1, 0.15) is 29.1 Å². The van der Waals surface area contributed by atoms with Crippen LogP contribution < -0.4 is 14.9 Å². The molecule has 3 aromatic rings. The Labute approximate surface area is 169 Å². The molecule has 2 aromatic carbocycles. The Kier molecular flexibility index (Phi) is 5.45. The molecule has 0 bridgehead atoms. The Balaban J connectivity index is 1.69. The van der Waals surface area contributed by atoms with E-state index < -0.39 is 0 Å². The van der Waals surface area contributed by atoms with Crippen LogP contribution in [0.2, 0.25) is 0 Å². The van der Waals surface area contributed by atoms with Crippen LogP contribution >= 0.6 is 0 Å². The van der Waals surface area contributed by atoms with Crippen molar-refractivity contribution >= 4 is 11.0 Å². The van der Waals surface area contributed by atoms with Crippen LogP contribution in [0.3, 0.4) is 0 Å². The Hall–Kier alpha value is -2.99. The Morgan fingerprint density at radius 2 is 2.03 bits per heavy atom. The van der Waals surface area contributed by atoms with Crippen molar-refractivity contribution in [3.63, 3.8) is 0 Å². The maximum Gasteiger partial charge on any atom is 0.235 e. The smallest absolute Gasteiger partial charge is 0.235 e. The van der Waals surface area contributed by atoms with Crippen LogP contribution in [0, 0.1) is 0 Å². The lowest BCUT2D eigenvalue weighted by Crippen LogP contribution is -2.36. The van der Waals surface area contributed by atoms with Crippen molar-refractivity contribution in [2.45, 2.75) is 38.8 Å². The fourth-order valence-corrected chi connectivity index (χ4v) is 3.84. The summed E-state index contributed by atoms with van der Waals surface area (Å²) < 4.78 is 16.7. The van der Waals surface area contributed by atoms with E-state index in [0.717, 1.165) is 19.4 Å². The molecule has 0 saturated carbocycles. The summed E-state index contributed by atoms with van der Waals surface area (Å²) in [6.45, 7) is 3.71. The highest BCUT2D eigenvalue weighted by Gasteiger charge is 2.22. The first-order valence-electron chi connectivity index (χ1n) is 9.89. The standard InChI is InChI=1S/C23H25NO5/c1-15-6-3-4-11-24(15)13-19-20(25)10-9-18-22(26)21(14-28-23(18)19)29-17-8-5-7-16(12-17)27-2/h5,7-10,12,14-15,25H,3-4,6,11,13H2,1-2H3. The van der Waals surface area contributed by atoms with Crippen molar-refractivity contribution < 1.29 is 19.0 Å². The third-order valence-electron chi connectivity index (χ3n) is 5.56. The summed E-state index contributed by atoms with van der Waals surface area (Å²) in [5.41, 5.74) is 0.772. The van der Waals surface area contributed by atoms with E-state index in [9.17, 15) is 9.90 Å². The minimum atomic E-state index is -0.276. The van der Waals surface area contributed by atoms with E-state index in [1.54, 1.807) is 43.5 Å². The van der Waals surface area contributed by atoms with E-state index in [4.69, 9.17) is 13.9 Å². The quantitative estimate of drug-likeness (QED) is 0.677. The minimum Gasteiger partial charge on any atom is -0.507 e. The summed E-state index contributed by atoms with van der Waals surface area (Å²) in [5.74, 6) is 1.35. The number of hydrogen-bond acceptors (Lipinski definition) is 6. The van der Waals surface area contributed by atoms with Crippen LogP contribution in [0.5, 0.6) is 23.0 Å². The molecule has 6 nitrogen and oxygen atoms in total. The molecule has 0 aliphatic carbocycles. The summed E-state index contributed by atoms with van der Waals surface area (Å²) >= 11 is 0. The highest BCUT2D eigenvalue weighted by Crippen LogP contribution is 2.31. The van der Waals surface area contributed by atoms with Gasteiger partial charge in [-0.1, -0.05) is 12.5 Å². The van der Waals surface area contributed by atoms with Gasteiger partial charge in [0.2, 0.25) is 11.2 Å². The number of likely N-dealkylation sites (tertiary alicyclic amines) is 1. The third kappa shape index (κ3) is 3.93. The van der Waals surface area contributed by atoms with Crippen LogP contribution in [-0.2, 0) is 6.54 Å². The molecule has 152 valence electrons. The predicted molar refractivity (Wildman–Crippen MR) is 111 cm³/mol. The van der Waals surface area contributed by atoms with Crippen molar-refractivity contribution in [3.05, 3.63) is 58.4 Å². The molecule has 4 rings (SSSR count). The largest absolute Gasteiger partial charge is 0.507 e. The lowest BCUT2D eigenvalue weighted by atomic mass is 10.0. The van der Waals surface area contributed by atoms with Crippen molar-refractivity contribution in [3.8, 4) is 23.0 Å². The average Bonchev–Trinajstić information content (AvgIpc) is 2.73. The van der Waals surface area contributed by atoms with Crippen molar-refractivity contribution in [2.75, 3.05) is 13.7 Å².